The van der Waals surface area contributed by atoms with E-state index in [4.69, 9.17) is 9.47 Å². The molecule has 0 saturated heterocycles. The molecule has 2 spiro atoms. The highest BCUT2D eigenvalue weighted by molar-refractivity contribution is 7.25. The Balaban J connectivity index is 0.929. The maximum atomic E-state index is 6.74. The number of hydrogen-bond donors (Lipinski definition) is 0. The Morgan fingerprint density at radius 1 is 0.278 bits per heavy atom. The minimum absolute atomic E-state index is 0.563. The largest absolute Gasteiger partial charge is 0.457 e. The zero-order chi connectivity index (χ0) is 47.1. The van der Waals surface area contributed by atoms with Gasteiger partial charge in [-0.1, -0.05) is 170 Å². The summed E-state index contributed by atoms with van der Waals surface area (Å²) in [5.74, 6) is 3.54. The molecule has 336 valence electrons. The third-order valence-corrected chi connectivity index (χ3v) is 17.2. The van der Waals surface area contributed by atoms with Crippen LogP contribution in [0, 0.1) is 0 Å². The molecule has 0 amide bonds. The van der Waals surface area contributed by atoms with Gasteiger partial charge in [0, 0.05) is 59.5 Å². The standard InChI is InChI=1S/C68H41NO2S/c1-4-18-53-47(15-1)49-36-34-46(41-60(49)68(53)58-22-8-12-26-63(58)71-64-27-13-9-23-59(64)68)69(44-32-29-42(30-33-44)43-31-38-66-52(39-43)50-17-3-14-28-65(50)72-66)45-35-37-55-51(40-45)48-16-2-5-19-54(48)67(55)56-20-6-10-24-61(56)70-62-25-11-7-21-57(62)67/h1-41H. The van der Waals surface area contributed by atoms with Crippen LogP contribution in [0.15, 0.2) is 249 Å². The topological polar surface area (TPSA) is 21.7 Å². The van der Waals surface area contributed by atoms with Gasteiger partial charge in [0.15, 0.2) is 0 Å². The van der Waals surface area contributed by atoms with Gasteiger partial charge in [0.05, 0.1) is 10.8 Å². The van der Waals surface area contributed by atoms with Crippen molar-refractivity contribution >= 4 is 48.6 Å². The van der Waals surface area contributed by atoms with Crippen LogP contribution in [-0.2, 0) is 10.8 Å². The highest BCUT2D eigenvalue weighted by atomic mass is 32.1. The lowest BCUT2D eigenvalue weighted by Crippen LogP contribution is -2.32. The van der Waals surface area contributed by atoms with Crippen molar-refractivity contribution in [3.8, 4) is 56.4 Å². The molecule has 12 aromatic rings. The number of ether oxygens (including phenoxy) is 2. The third kappa shape index (κ3) is 5.23. The highest BCUT2D eigenvalue weighted by Crippen LogP contribution is 2.65. The predicted octanol–water partition coefficient (Wildman–Crippen LogP) is 18.1. The molecule has 4 aliphatic rings. The van der Waals surface area contributed by atoms with Crippen molar-refractivity contribution in [1.29, 1.82) is 0 Å². The van der Waals surface area contributed by atoms with E-state index in [2.05, 4.69) is 254 Å². The SMILES string of the molecule is c1ccc2c(c1)Oc1ccccc1C21c2ccccc2-c2cc(N(c3ccc(-c4ccc5sc6ccccc6c5c4)cc3)c3ccc4c(c3)C3(c5ccccc5Oc5ccccc53)c3ccccc3-4)ccc21. The average molecular weight is 936 g/mol. The van der Waals surface area contributed by atoms with E-state index in [-0.39, 0.29) is 0 Å². The molecule has 72 heavy (non-hydrogen) atoms. The first kappa shape index (κ1) is 39.8. The summed E-state index contributed by atoms with van der Waals surface area (Å²) < 4.78 is 16.1. The molecule has 2 aliphatic carbocycles. The van der Waals surface area contributed by atoms with Crippen LogP contribution in [-0.4, -0.2) is 0 Å². The maximum absolute atomic E-state index is 6.74. The average Bonchev–Trinajstić information content (AvgIpc) is 4.07. The van der Waals surface area contributed by atoms with Gasteiger partial charge in [-0.3, -0.25) is 0 Å². The lowest BCUT2D eigenvalue weighted by atomic mass is 9.66. The van der Waals surface area contributed by atoms with Crippen LogP contribution in [0.25, 0.3) is 53.6 Å². The maximum Gasteiger partial charge on any atom is 0.132 e. The molecule has 0 N–H and O–H groups in total. The summed E-state index contributed by atoms with van der Waals surface area (Å²) in [6, 6.07) is 91.5. The van der Waals surface area contributed by atoms with Gasteiger partial charge in [0.2, 0.25) is 0 Å². The number of para-hydroxylation sites is 4. The molecule has 0 atom stereocenters. The van der Waals surface area contributed by atoms with E-state index in [1.165, 1.54) is 75.8 Å². The normalized spacial score (nSPS) is 14.3. The molecule has 3 heterocycles. The number of benzene rings is 11. The Hall–Kier alpha value is -8.96. The Labute approximate surface area is 421 Å². The highest BCUT2D eigenvalue weighted by Gasteiger charge is 2.53. The van der Waals surface area contributed by atoms with Crippen molar-refractivity contribution in [1.82, 2.24) is 0 Å². The predicted molar refractivity (Wildman–Crippen MR) is 294 cm³/mol. The number of rotatable bonds is 4. The van der Waals surface area contributed by atoms with Crippen LogP contribution >= 0.6 is 11.3 Å². The van der Waals surface area contributed by atoms with Crippen LogP contribution in [0.3, 0.4) is 0 Å². The Kier molecular flexibility index (Phi) is 8.18. The first-order valence-electron chi connectivity index (χ1n) is 24.7. The van der Waals surface area contributed by atoms with Gasteiger partial charge in [-0.15, -0.1) is 11.3 Å². The van der Waals surface area contributed by atoms with E-state index in [1.54, 1.807) is 0 Å². The molecule has 0 unspecified atom stereocenters. The van der Waals surface area contributed by atoms with E-state index >= 15 is 0 Å². The van der Waals surface area contributed by atoms with Crippen molar-refractivity contribution in [2.24, 2.45) is 0 Å². The summed E-state index contributed by atoms with van der Waals surface area (Å²) in [5.41, 5.74) is 19.0. The molecule has 2 aliphatic heterocycles. The zero-order valence-corrected chi connectivity index (χ0v) is 39.7. The lowest BCUT2D eigenvalue weighted by molar-refractivity contribution is 0.436. The molecule has 11 aromatic carbocycles. The second kappa shape index (κ2) is 14.8. The van der Waals surface area contributed by atoms with Crippen LogP contribution in [0.4, 0.5) is 17.1 Å². The molecule has 3 nitrogen and oxygen atoms in total. The summed E-state index contributed by atoms with van der Waals surface area (Å²) in [7, 11) is 0. The fourth-order valence-electron chi connectivity index (χ4n) is 13.1. The van der Waals surface area contributed by atoms with Gasteiger partial charge >= 0.3 is 0 Å². The number of thiophene rings is 1. The fraction of sp³-hybridized carbons (Fsp3) is 0.0294. The van der Waals surface area contributed by atoms with Gasteiger partial charge in [-0.2, -0.15) is 0 Å². The van der Waals surface area contributed by atoms with Crippen LogP contribution in [0.2, 0.25) is 0 Å². The first-order valence-corrected chi connectivity index (χ1v) is 25.5. The second-order valence-electron chi connectivity index (χ2n) is 19.4. The lowest BCUT2D eigenvalue weighted by Gasteiger charge is -2.40. The molecule has 0 radical (unpaired) electrons. The molecule has 1 aromatic heterocycles. The quantitative estimate of drug-likeness (QED) is 0.176. The number of nitrogens with zero attached hydrogens (tertiary/aromatic N) is 1. The summed E-state index contributed by atoms with van der Waals surface area (Å²) in [5, 5.41) is 2.61. The third-order valence-electron chi connectivity index (χ3n) is 16.0. The van der Waals surface area contributed by atoms with Crippen molar-refractivity contribution in [2.75, 3.05) is 4.90 Å². The Bertz CT molecular complexity index is 4170. The molecule has 4 heteroatoms. The van der Waals surface area contributed by atoms with Crippen molar-refractivity contribution in [3.05, 3.63) is 293 Å². The summed E-state index contributed by atoms with van der Waals surface area (Å²) in [6.07, 6.45) is 0. The summed E-state index contributed by atoms with van der Waals surface area (Å²) >= 11 is 1.86. The molecule has 0 bridgehead atoms. The second-order valence-corrected chi connectivity index (χ2v) is 20.5. The fourth-order valence-corrected chi connectivity index (χ4v) is 14.2. The molecular formula is C68H41NO2S. The molecular weight excluding hydrogens is 895 g/mol. The monoisotopic (exact) mass is 935 g/mol. The number of fused-ring (bicyclic) bond motifs is 21. The molecule has 16 rings (SSSR count). The number of hydrogen-bond acceptors (Lipinski definition) is 4. The Morgan fingerprint density at radius 3 is 1.33 bits per heavy atom. The van der Waals surface area contributed by atoms with Crippen LogP contribution in [0.5, 0.6) is 23.0 Å². The van der Waals surface area contributed by atoms with E-state index in [0.717, 1.165) is 62.3 Å². The zero-order valence-electron chi connectivity index (χ0n) is 38.8. The van der Waals surface area contributed by atoms with Crippen molar-refractivity contribution in [2.45, 2.75) is 10.8 Å². The first-order chi connectivity index (χ1) is 35.7. The minimum atomic E-state index is -0.611. The van der Waals surface area contributed by atoms with E-state index in [0.29, 0.717) is 0 Å². The van der Waals surface area contributed by atoms with Gasteiger partial charge < -0.3 is 14.4 Å². The molecule has 0 fully saturated rings. The summed E-state index contributed by atoms with van der Waals surface area (Å²) in [6.45, 7) is 0. The van der Waals surface area contributed by atoms with E-state index in [9.17, 15) is 0 Å². The van der Waals surface area contributed by atoms with E-state index in [1.807, 2.05) is 11.3 Å². The minimum Gasteiger partial charge on any atom is -0.457 e. The van der Waals surface area contributed by atoms with Gasteiger partial charge in [0.25, 0.3) is 0 Å². The van der Waals surface area contributed by atoms with Gasteiger partial charge in [0.1, 0.15) is 23.0 Å². The van der Waals surface area contributed by atoms with Crippen LogP contribution in [0.1, 0.15) is 44.5 Å². The summed E-state index contributed by atoms with van der Waals surface area (Å²) in [4.78, 5) is 2.47. The smallest absolute Gasteiger partial charge is 0.132 e. The van der Waals surface area contributed by atoms with Crippen LogP contribution < -0.4 is 14.4 Å². The van der Waals surface area contributed by atoms with Crippen molar-refractivity contribution in [3.63, 3.8) is 0 Å². The Morgan fingerprint density at radius 2 is 0.708 bits per heavy atom. The van der Waals surface area contributed by atoms with Gasteiger partial charge in [-0.25, -0.2) is 0 Å². The number of anilines is 3. The van der Waals surface area contributed by atoms with Crippen molar-refractivity contribution < 1.29 is 9.47 Å². The molecule has 0 saturated carbocycles. The van der Waals surface area contributed by atoms with E-state index < -0.39 is 10.8 Å². The van der Waals surface area contributed by atoms with Gasteiger partial charge in [-0.05, 0) is 134 Å².